The standard InChI is InChI=1S/C9H9ClF2O/c1-2-13-8-6-4-3-5-7(8)9(10,11)12/h3-6H,2H2,1H3. The lowest BCUT2D eigenvalue weighted by Crippen LogP contribution is -2.06. The van der Waals surface area contributed by atoms with Crippen LogP contribution in [0.25, 0.3) is 0 Å². The smallest absolute Gasteiger partial charge is 0.351 e. The van der Waals surface area contributed by atoms with E-state index in [-0.39, 0.29) is 11.3 Å². The minimum Gasteiger partial charge on any atom is -0.493 e. The predicted molar refractivity (Wildman–Crippen MR) is 47.4 cm³/mol. The summed E-state index contributed by atoms with van der Waals surface area (Å²) < 4.78 is 30.4. The van der Waals surface area contributed by atoms with Crippen LogP contribution in [0.2, 0.25) is 0 Å². The van der Waals surface area contributed by atoms with E-state index >= 15 is 0 Å². The van der Waals surface area contributed by atoms with Gasteiger partial charge in [-0.2, -0.15) is 8.78 Å². The molecule has 1 nitrogen and oxygen atoms in total. The number of ether oxygens (including phenoxy) is 1. The van der Waals surface area contributed by atoms with Crippen LogP contribution in [0.3, 0.4) is 0 Å². The Hall–Kier alpha value is -0.830. The highest BCUT2D eigenvalue weighted by Gasteiger charge is 2.31. The van der Waals surface area contributed by atoms with Gasteiger partial charge in [0, 0.05) is 0 Å². The summed E-state index contributed by atoms with van der Waals surface area (Å²) in [4.78, 5) is 0. The molecule has 0 saturated heterocycles. The first kappa shape index (κ1) is 10.3. The van der Waals surface area contributed by atoms with Crippen LogP contribution in [0.5, 0.6) is 5.75 Å². The third-order valence-corrected chi connectivity index (χ3v) is 1.70. The summed E-state index contributed by atoms with van der Waals surface area (Å²) in [6, 6.07) is 5.83. The fourth-order valence-electron chi connectivity index (χ4n) is 0.982. The van der Waals surface area contributed by atoms with Gasteiger partial charge in [0.25, 0.3) is 0 Å². The lowest BCUT2D eigenvalue weighted by Gasteiger charge is -2.13. The topological polar surface area (TPSA) is 9.23 Å². The van der Waals surface area contributed by atoms with E-state index in [1.165, 1.54) is 18.2 Å². The Bertz CT molecular complexity index is 283. The van der Waals surface area contributed by atoms with Crippen molar-refractivity contribution in [2.75, 3.05) is 6.61 Å². The Morgan fingerprint density at radius 1 is 1.38 bits per heavy atom. The maximum absolute atomic E-state index is 12.7. The zero-order valence-electron chi connectivity index (χ0n) is 7.06. The van der Waals surface area contributed by atoms with Crippen LogP contribution in [0.4, 0.5) is 8.78 Å². The van der Waals surface area contributed by atoms with E-state index in [1.807, 2.05) is 0 Å². The number of rotatable bonds is 3. The van der Waals surface area contributed by atoms with Gasteiger partial charge in [0.1, 0.15) is 5.75 Å². The average molecular weight is 207 g/mol. The molecule has 1 aromatic rings. The Balaban J connectivity index is 3.05. The minimum absolute atomic E-state index is 0.130. The van der Waals surface area contributed by atoms with Crippen molar-refractivity contribution in [1.82, 2.24) is 0 Å². The number of benzene rings is 1. The SMILES string of the molecule is CCOc1ccccc1C(F)(F)Cl. The Kier molecular flexibility index (Phi) is 3.09. The summed E-state index contributed by atoms with van der Waals surface area (Å²) in [6.45, 7) is 2.06. The molecule has 1 aromatic carbocycles. The summed E-state index contributed by atoms with van der Waals surface area (Å²) in [7, 11) is 0. The van der Waals surface area contributed by atoms with Crippen LogP contribution in [-0.2, 0) is 5.38 Å². The molecule has 0 spiro atoms. The fraction of sp³-hybridized carbons (Fsp3) is 0.333. The van der Waals surface area contributed by atoms with Gasteiger partial charge in [-0.3, -0.25) is 0 Å². The summed E-state index contributed by atoms with van der Waals surface area (Å²) in [5.74, 6) is 0.130. The molecule has 13 heavy (non-hydrogen) atoms. The Morgan fingerprint density at radius 2 is 2.00 bits per heavy atom. The third kappa shape index (κ3) is 2.56. The first-order valence-corrected chi connectivity index (χ1v) is 4.22. The molecule has 0 heterocycles. The maximum atomic E-state index is 12.7. The molecule has 0 aromatic heterocycles. The van der Waals surface area contributed by atoms with Crippen LogP contribution in [0.1, 0.15) is 12.5 Å². The quantitative estimate of drug-likeness (QED) is 0.689. The van der Waals surface area contributed by atoms with E-state index in [0.29, 0.717) is 6.61 Å². The van der Waals surface area contributed by atoms with E-state index in [4.69, 9.17) is 16.3 Å². The van der Waals surface area contributed by atoms with Crippen LogP contribution >= 0.6 is 11.6 Å². The maximum Gasteiger partial charge on any atom is 0.351 e. The van der Waals surface area contributed by atoms with Gasteiger partial charge in [0.15, 0.2) is 0 Å². The summed E-state index contributed by atoms with van der Waals surface area (Å²) in [6.07, 6.45) is 0. The van der Waals surface area contributed by atoms with E-state index in [1.54, 1.807) is 13.0 Å². The van der Waals surface area contributed by atoms with E-state index in [9.17, 15) is 8.78 Å². The Morgan fingerprint density at radius 3 is 2.54 bits per heavy atom. The van der Waals surface area contributed by atoms with Gasteiger partial charge in [-0.15, -0.1) is 0 Å². The van der Waals surface area contributed by atoms with Crippen molar-refractivity contribution in [3.05, 3.63) is 29.8 Å². The first-order chi connectivity index (χ1) is 6.05. The third-order valence-electron chi connectivity index (χ3n) is 1.49. The summed E-state index contributed by atoms with van der Waals surface area (Å²) in [5, 5.41) is -3.37. The van der Waals surface area contributed by atoms with Crippen LogP contribution < -0.4 is 4.74 Å². The molecule has 72 valence electrons. The molecule has 0 aliphatic carbocycles. The average Bonchev–Trinajstić information content (AvgIpc) is 2.04. The molecule has 0 radical (unpaired) electrons. The molecule has 0 bridgehead atoms. The number of hydrogen-bond acceptors (Lipinski definition) is 1. The second kappa shape index (κ2) is 3.92. The molecule has 4 heteroatoms. The van der Waals surface area contributed by atoms with Gasteiger partial charge in [-0.25, -0.2) is 0 Å². The van der Waals surface area contributed by atoms with Gasteiger partial charge in [0.2, 0.25) is 0 Å². The normalized spacial score (nSPS) is 11.4. The molecule has 0 unspecified atom stereocenters. The summed E-state index contributed by atoms with van der Waals surface area (Å²) >= 11 is 4.89. The van der Waals surface area contributed by atoms with Crippen LogP contribution in [-0.4, -0.2) is 6.61 Å². The van der Waals surface area contributed by atoms with Gasteiger partial charge < -0.3 is 4.74 Å². The second-order valence-electron chi connectivity index (χ2n) is 2.43. The highest BCUT2D eigenvalue weighted by molar-refractivity contribution is 6.22. The number of alkyl halides is 3. The van der Waals surface area contributed by atoms with Gasteiger partial charge >= 0.3 is 5.38 Å². The summed E-state index contributed by atoms with van der Waals surface area (Å²) in [5.41, 5.74) is -0.293. The predicted octanol–water partition coefficient (Wildman–Crippen LogP) is 3.37. The molecule has 0 N–H and O–H groups in total. The van der Waals surface area contributed by atoms with Gasteiger partial charge in [-0.1, -0.05) is 12.1 Å². The molecule has 1 rings (SSSR count). The molecule has 0 aliphatic heterocycles. The van der Waals surface area contributed by atoms with E-state index < -0.39 is 5.38 Å². The van der Waals surface area contributed by atoms with Crippen LogP contribution in [0, 0.1) is 0 Å². The van der Waals surface area contributed by atoms with Crippen molar-refractivity contribution >= 4 is 11.6 Å². The number of halogens is 3. The number of para-hydroxylation sites is 1. The monoisotopic (exact) mass is 206 g/mol. The zero-order valence-corrected chi connectivity index (χ0v) is 7.81. The second-order valence-corrected chi connectivity index (χ2v) is 2.90. The molecule has 0 saturated carbocycles. The molecular formula is C9H9ClF2O. The molecular weight excluding hydrogens is 198 g/mol. The highest BCUT2D eigenvalue weighted by atomic mass is 35.5. The molecule has 0 atom stereocenters. The lowest BCUT2D eigenvalue weighted by atomic mass is 10.2. The lowest BCUT2D eigenvalue weighted by molar-refractivity contribution is 0.0909. The fourth-order valence-corrected chi connectivity index (χ4v) is 1.14. The van der Waals surface area contributed by atoms with Crippen LogP contribution in [0.15, 0.2) is 24.3 Å². The van der Waals surface area contributed by atoms with Crippen molar-refractivity contribution in [2.24, 2.45) is 0 Å². The minimum atomic E-state index is -3.37. The van der Waals surface area contributed by atoms with E-state index in [0.717, 1.165) is 0 Å². The van der Waals surface area contributed by atoms with Gasteiger partial charge in [-0.05, 0) is 30.7 Å². The van der Waals surface area contributed by atoms with Crippen molar-refractivity contribution in [3.8, 4) is 5.75 Å². The van der Waals surface area contributed by atoms with Crippen molar-refractivity contribution in [2.45, 2.75) is 12.3 Å². The van der Waals surface area contributed by atoms with Gasteiger partial charge in [0.05, 0.1) is 12.2 Å². The largest absolute Gasteiger partial charge is 0.493 e. The Labute approximate surface area is 80.3 Å². The van der Waals surface area contributed by atoms with Crippen molar-refractivity contribution in [3.63, 3.8) is 0 Å². The number of hydrogen-bond donors (Lipinski definition) is 0. The zero-order chi connectivity index (χ0) is 9.90. The van der Waals surface area contributed by atoms with E-state index in [2.05, 4.69) is 0 Å². The highest BCUT2D eigenvalue weighted by Crippen LogP contribution is 2.37. The van der Waals surface area contributed by atoms with Crippen molar-refractivity contribution < 1.29 is 13.5 Å². The molecule has 0 aliphatic rings. The van der Waals surface area contributed by atoms with Crippen molar-refractivity contribution in [1.29, 1.82) is 0 Å². The molecule has 0 fully saturated rings. The first-order valence-electron chi connectivity index (χ1n) is 3.84. The molecule has 0 amide bonds.